The number of benzene rings is 1. The molecule has 1 amide bonds. The van der Waals surface area contributed by atoms with Crippen molar-refractivity contribution >= 4 is 34.2 Å². The van der Waals surface area contributed by atoms with Crippen LogP contribution in [0.15, 0.2) is 29.3 Å². The van der Waals surface area contributed by atoms with E-state index in [0.29, 0.717) is 5.17 Å². The van der Waals surface area contributed by atoms with Crippen molar-refractivity contribution in [1.82, 2.24) is 5.32 Å². The van der Waals surface area contributed by atoms with E-state index in [9.17, 15) is 4.79 Å². The van der Waals surface area contributed by atoms with Crippen LogP contribution in [0.25, 0.3) is 0 Å². The number of aliphatic imine (C=N–C) groups is 1. The Morgan fingerprint density at radius 3 is 2.57 bits per heavy atom. The molecule has 1 aliphatic carbocycles. The number of hydrogen-bond donors (Lipinski definition) is 2. The summed E-state index contributed by atoms with van der Waals surface area (Å²) in [6.07, 6.45) is 7.97. The lowest BCUT2D eigenvalue weighted by Crippen LogP contribution is -2.20. The molecule has 0 heterocycles. The molecule has 2 rings (SSSR count). The van der Waals surface area contributed by atoms with Crippen molar-refractivity contribution in [2.75, 3.05) is 11.6 Å². The van der Waals surface area contributed by atoms with Crippen molar-refractivity contribution in [1.29, 1.82) is 5.26 Å². The number of amides is 1. The van der Waals surface area contributed by atoms with E-state index >= 15 is 0 Å². The summed E-state index contributed by atoms with van der Waals surface area (Å²) in [7, 11) is 0. The third-order valence-electron chi connectivity index (χ3n) is 3.45. The number of anilines is 1. The summed E-state index contributed by atoms with van der Waals surface area (Å²) < 4.78 is 0. The second-order valence-corrected chi connectivity index (χ2v) is 5.67. The molecule has 0 radical (unpaired) electrons. The highest BCUT2D eigenvalue weighted by Crippen LogP contribution is 2.26. The molecule has 1 fully saturated rings. The fourth-order valence-corrected chi connectivity index (χ4v) is 2.69. The molecule has 0 aromatic heterocycles. The number of nitrogens with one attached hydrogen (secondary N) is 2. The Kier molecular flexibility index (Phi) is 5.64. The van der Waals surface area contributed by atoms with Gasteiger partial charge in [0.2, 0.25) is 5.91 Å². The number of rotatable bonds is 3. The maximum Gasteiger partial charge on any atom is 0.227 e. The van der Waals surface area contributed by atoms with Gasteiger partial charge < -0.3 is 5.32 Å². The molecule has 0 spiro atoms. The van der Waals surface area contributed by atoms with Crippen LogP contribution in [0.1, 0.15) is 25.7 Å². The normalized spacial score (nSPS) is 15.5. The second kappa shape index (κ2) is 7.70. The first kappa shape index (κ1) is 15.4. The lowest BCUT2D eigenvalue weighted by atomic mass is 10.1. The van der Waals surface area contributed by atoms with Crippen molar-refractivity contribution in [2.24, 2.45) is 10.9 Å². The summed E-state index contributed by atoms with van der Waals surface area (Å²) in [5.41, 5.74) is 1.52. The van der Waals surface area contributed by atoms with Gasteiger partial charge in [0.1, 0.15) is 0 Å². The summed E-state index contributed by atoms with van der Waals surface area (Å²) in [6, 6.07) is 7.30. The number of nitriles is 1. The third-order valence-corrected chi connectivity index (χ3v) is 4.03. The van der Waals surface area contributed by atoms with E-state index in [1.165, 1.54) is 11.8 Å². The monoisotopic (exact) mass is 302 g/mol. The standard InChI is InChI=1S/C15H18N4OS/c1-21-15(17-10-16)19-13-8-6-12(7-9-13)18-14(20)11-4-2-3-5-11/h6-9,11H,2-5H2,1H3,(H,17,19)(H,18,20). The summed E-state index contributed by atoms with van der Waals surface area (Å²) in [5.74, 6) is 0.269. The van der Waals surface area contributed by atoms with Crippen LogP contribution in [0.5, 0.6) is 0 Å². The Morgan fingerprint density at radius 1 is 1.33 bits per heavy atom. The van der Waals surface area contributed by atoms with Gasteiger partial charge in [0.15, 0.2) is 11.4 Å². The highest BCUT2D eigenvalue weighted by molar-refractivity contribution is 8.13. The highest BCUT2D eigenvalue weighted by atomic mass is 32.2. The van der Waals surface area contributed by atoms with Gasteiger partial charge in [0.05, 0.1) is 5.69 Å². The number of carbonyl (C=O) groups excluding carboxylic acids is 1. The van der Waals surface area contributed by atoms with Gasteiger partial charge >= 0.3 is 0 Å². The van der Waals surface area contributed by atoms with Gasteiger partial charge in [0.25, 0.3) is 0 Å². The average Bonchev–Trinajstić information content (AvgIpc) is 3.03. The molecule has 0 bridgehead atoms. The zero-order valence-electron chi connectivity index (χ0n) is 11.9. The molecule has 1 aromatic carbocycles. The fraction of sp³-hybridized carbons (Fsp3) is 0.400. The van der Waals surface area contributed by atoms with E-state index in [0.717, 1.165) is 37.1 Å². The quantitative estimate of drug-likeness (QED) is 0.389. The van der Waals surface area contributed by atoms with E-state index in [4.69, 9.17) is 5.26 Å². The van der Waals surface area contributed by atoms with Crippen LogP contribution in [-0.4, -0.2) is 17.3 Å². The van der Waals surface area contributed by atoms with Gasteiger partial charge in [-0.25, -0.2) is 4.99 Å². The molecule has 0 unspecified atom stereocenters. The molecule has 0 atom stereocenters. The first-order valence-corrected chi connectivity index (χ1v) is 8.14. The molecule has 0 aliphatic heterocycles. The number of carbonyl (C=O) groups is 1. The Bertz CT molecular complexity index is 556. The molecular weight excluding hydrogens is 284 g/mol. The minimum absolute atomic E-state index is 0.111. The van der Waals surface area contributed by atoms with Crippen LogP contribution in [0, 0.1) is 17.4 Å². The molecular formula is C15H18N4OS. The van der Waals surface area contributed by atoms with Crippen molar-refractivity contribution in [3.8, 4) is 6.19 Å². The zero-order valence-corrected chi connectivity index (χ0v) is 12.7. The largest absolute Gasteiger partial charge is 0.326 e. The molecule has 110 valence electrons. The van der Waals surface area contributed by atoms with Gasteiger partial charge in [-0.1, -0.05) is 24.6 Å². The molecule has 1 aliphatic rings. The molecule has 6 heteroatoms. The van der Waals surface area contributed by atoms with Crippen LogP contribution in [0.2, 0.25) is 0 Å². The summed E-state index contributed by atoms with van der Waals surface area (Å²) in [4.78, 5) is 16.3. The number of amidine groups is 1. The summed E-state index contributed by atoms with van der Waals surface area (Å²) >= 11 is 1.37. The Balaban J connectivity index is 1.98. The number of thioether (sulfide) groups is 1. The van der Waals surface area contributed by atoms with E-state index in [-0.39, 0.29) is 11.8 Å². The van der Waals surface area contributed by atoms with Crippen LogP contribution < -0.4 is 10.6 Å². The smallest absolute Gasteiger partial charge is 0.227 e. The van der Waals surface area contributed by atoms with Gasteiger partial charge in [-0.05, 0) is 43.4 Å². The Labute approximate surface area is 128 Å². The highest BCUT2D eigenvalue weighted by Gasteiger charge is 2.22. The molecule has 1 aromatic rings. The first-order valence-electron chi connectivity index (χ1n) is 6.91. The summed E-state index contributed by atoms with van der Waals surface area (Å²) in [6.45, 7) is 0. The predicted octanol–water partition coefficient (Wildman–Crippen LogP) is 3.24. The lowest BCUT2D eigenvalue weighted by molar-refractivity contribution is -0.119. The number of hydrogen-bond acceptors (Lipinski definition) is 4. The van der Waals surface area contributed by atoms with Crippen LogP contribution in [0.3, 0.4) is 0 Å². The minimum Gasteiger partial charge on any atom is -0.326 e. The van der Waals surface area contributed by atoms with E-state index in [1.54, 1.807) is 0 Å². The van der Waals surface area contributed by atoms with Gasteiger partial charge in [-0.2, -0.15) is 5.26 Å². The molecule has 21 heavy (non-hydrogen) atoms. The fourth-order valence-electron chi connectivity index (χ4n) is 2.34. The molecule has 2 N–H and O–H groups in total. The Hall–Kier alpha value is -2.00. The van der Waals surface area contributed by atoms with Crippen molar-refractivity contribution in [3.05, 3.63) is 24.3 Å². The maximum atomic E-state index is 12.0. The average molecular weight is 302 g/mol. The van der Waals surface area contributed by atoms with Crippen LogP contribution in [-0.2, 0) is 4.79 Å². The lowest BCUT2D eigenvalue weighted by Gasteiger charge is -2.10. The molecule has 5 nitrogen and oxygen atoms in total. The topological polar surface area (TPSA) is 77.3 Å². The van der Waals surface area contributed by atoms with Crippen molar-refractivity contribution < 1.29 is 4.79 Å². The number of nitrogens with zero attached hydrogens (tertiary/aromatic N) is 2. The third kappa shape index (κ3) is 4.50. The van der Waals surface area contributed by atoms with Gasteiger partial charge in [-0.3, -0.25) is 10.1 Å². The first-order chi connectivity index (χ1) is 10.2. The predicted molar refractivity (Wildman–Crippen MR) is 86.4 cm³/mol. The van der Waals surface area contributed by atoms with Crippen molar-refractivity contribution in [2.45, 2.75) is 25.7 Å². The van der Waals surface area contributed by atoms with Crippen LogP contribution >= 0.6 is 11.8 Å². The molecule has 1 saturated carbocycles. The summed E-state index contributed by atoms with van der Waals surface area (Å²) in [5, 5.41) is 14.6. The van der Waals surface area contributed by atoms with Crippen molar-refractivity contribution in [3.63, 3.8) is 0 Å². The van der Waals surface area contributed by atoms with E-state index in [2.05, 4.69) is 15.6 Å². The SMILES string of the molecule is CSC(=Nc1ccc(NC(=O)C2CCCC2)cc1)NC#N. The van der Waals surface area contributed by atoms with Gasteiger partial charge in [-0.15, -0.1) is 0 Å². The maximum absolute atomic E-state index is 12.0. The van der Waals surface area contributed by atoms with E-state index in [1.807, 2.05) is 36.7 Å². The zero-order chi connectivity index (χ0) is 15.1. The second-order valence-electron chi connectivity index (χ2n) is 4.88. The van der Waals surface area contributed by atoms with Crippen LogP contribution in [0.4, 0.5) is 11.4 Å². The van der Waals surface area contributed by atoms with E-state index < -0.39 is 0 Å². The molecule has 0 saturated heterocycles. The van der Waals surface area contributed by atoms with Gasteiger partial charge in [0, 0.05) is 11.6 Å². The Morgan fingerprint density at radius 2 is 2.00 bits per heavy atom. The minimum atomic E-state index is 0.111.